The van der Waals surface area contributed by atoms with E-state index in [-0.39, 0.29) is 11.3 Å². The quantitative estimate of drug-likeness (QED) is 0.849. The normalized spacial score (nSPS) is 29.1. The molecule has 1 saturated heterocycles. The highest BCUT2D eigenvalue weighted by molar-refractivity contribution is 5.83. The monoisotopic (exact) mass is 277 g/mol. The third-order valence-electron chi connectivity index (χ3n) is 4.93. The third kappa shape index (κ3) is 2.22. The Morgan fingerprint density at radius 2 is 2.50 bits per heavy atom. The Bertz CT molecular complexity index is 486. The first kappa shape index (κ1) is 13.5. The molecule has 3 rings (SSSR count). The fourth-order valence-corrected chi connectivity index (χ4v) is 3.71. The van der Waals surface area contributed by atoms with Crippen molar-refractivity contribution in [2.24, 2.45) is 11.3 Å². The molecule has 0 aromatic carbocycles. The average Bonchev–Trinajstić information content (AvgIpc) is 3.11. The van der Waals surface area contributed by atoms with Gasteiger partial charge in [-0.05, 0) is 32.2 Å². The molecule has 6 heteroatoms. The molecule has 1 aliphatic heterocycles. The van der Waals surface area contributed by atoms with Crippen LogP contribution in [-0.2, 0) is 17.9 Å². The van der Waals surface area contributed by atoms with Gasteiger partial charge in [-0.15, -0.1) is 10.2 Å². The van der Waals surface area contributed by atoms with Gasteiger partial charge in [0.1, 0.15) is 6.33 Å². The van der Waals surface area contributed by atoms with Crippen molar-refractivity contribution in [2.75, 3.05) is 13.1 Å². The minimum atomic E-state index is -0.185. The van der Waals surface area contributed by atoms with Crippen molar-refractivity contribution in [3.05, 3.63) is 12.2 Å². The molecule has 1 aromatic rings. The van der Waals surface area contributed by atoms with Gasteiger partial charge in [0, 0.05) is 13.1 Å². The topological polar surface area (TPSA) is 71.8 Å². The molecule has 0 unspecified atom stereocenters. The van der Waals surface area contributed by atoms with E-state index in [2.05, 4.69) is 20.8 Å². The van der Waals surface area contributed by atoms with Crippen LogP contribution in [0.3, 0.4) is 0 Å². The maximum Gasteiger partial charge on any atom is 0.228 e. The number of nitrogens with one attached hydrogen (secondary N) is 2. The van der Waals surface area contributed by atoms with Crippen molar-refractivity contribution in [3.8, 4) is 0 Å². The second-order valence-corrected chi connectivity index (χ2v) is 5.95. The molecule has 6 nitrogen and oxygen atoms in total. The van der Waals surface area contributed by atoms with Crippen LogP contribution in [0.1, 0.15) is 38.4 Å². The summed E-state index contributed by atoms with van der Waals surface area (Å²) in [6.45, 7) is 5.16. The van der Waals surface area contributed by atoms with Crippen LogP contribution in [0.25, 0.3) is 0 Å². The minimum Gasteiger partial charge on any atom is -0.348 e. The predicted octanol–water partition coefficient (Wildman–Crippen LogP) is 0.694. The highest BCUT2D eigenvalue weighted by Gasteiger charge is 2.49. The molecule has 2 fully saturated rings. The van der Waals surface area contributed by atoms with Crippen LogP contribution in [0.2, 0.25) is 0 Å². The number of rotatable bonds is 4. The maximum atomic E-state index is 12.7. The second-order valence-electron chi connectivity index (χ2n) is 5.95. The van der Waals surface area contributed by atoms with Crippen molar-refractivity contribution in [3.63, 3.8) is 0 Å². The number of carbonyl (C=O) groups excluding carboxylic acids is 1. The number of aromatic nitrogens is 3. The van der Waals surface area contributed by atoms with Crippen LogP contribution in [-0.4, -0.2) is 33.8 Å². The van der Waals surface area contributed by atoms with E-state index in [1.807, 2.05) is 11.5 Å². The number of hydrogen-bond acceptors (Lipinski definition) is 4. The van der Waals surface area contributed by atoms with E-state index in [9.17, 15) is 4.79 Å². The number of fused-ring (bicyclic) bond motifs is 1. The number of carbonyl (C=O) groups is 1. The fourth-order valence-electron chi connectivity index (χ4n) is 3.71. The zero-order chi connectivity index (χ0) is 14.0. The Morgan fingerprint density at radius 1 is 1.60 bits per heavy atom. The van der Waals surface area contributed by atoms with Crippen LogP contribution in [0.5, 0.6) is 0 Å². The molecule has 0 radical (unpaired) electrons. The Balaban J connectivity index is 1.66. The van der Waals surface area contributed by atoms with E-state index in [1.165, 1.54) is 12.8 Å². The molecule has 110 valence electrons. The molecule has 20 heavy (non-hydrogen) atoms. The SMILES string of the molecule is CCn1cnnc1CNC(=O)[C@@]12CCCC[C@H]1CNC2. The Kier molecular flexibility index (Phi) is 3.74. The van der Waals surface area contributed by atoms with Crippen LogP contribution >= 0.6 is 0 Å². The number of hydrogen-bond donors (Lipinski definition) is 2. The third-order valence-corrected chi connectivity index (χ3v) is 4.93. The summed E-state index contributed by atoms with van der Waals surface area (Å²) in [5, 5.41) is 14.5. The predicted molar refractivity (Wildman–Crippen MR) is 74.8 cm³/mol. The van der Waals surface area contributed by atoms with Crippen LogP contribution in [0.4, 0.5) is 0 Å². The first-order chi connectivity index (χ1) is 9.76. The van der Waals surface area contributed by atoms with Gasteiger partial charge in [0.25, 0.3) is 0 Å². The van der Waals surface area contributed by atoms with Gasteiger partial charge in [-0.2, -0.15) is 0 Å². The summed E-state index contributed by atoms with van der Waals surface area (Å²) < 4.78 is 1.96. The molecule has 0 spiro atoms. The lowest BCUT2D eigenvalue weighted by Crippen LogP contribution is -2.47. The highest BCUT2D eigenvalue weighted by atomic mass is 16.2. The number of aryl methyl sites for hydroxylation is 1. The molecule has 1 aromatic heterocycles. The summed E-state index contributed by atoms with van der Waals surface area (Å²) in [6, 6.07) is 0. The first-order valence-electron chi connectivity index (χ1n) is 7.62. The van der Waals surface area contributed by atoms with Crippen LogP contribution in [0.15, 0.2) is 6.33 Å². The molecule has 2 aliphatic rings. The largest absolute Gasteiger partial charge is 0.348 e. The van der Waals surface area contributed by atoms with E-state index < -0.39 is 0 Å². The Hall–Kier alpha value is -1.43. The van der Waals surface area contributed by atoms with Crippen molar-refractivity contribution < 1.29 is 4.79 Å². The lowest BCUT2D eigenvalue weighted by molar-refractivity contribution is -0.134. The Labute approximate surface area is 119 Å². The summed E-state index contributed by atoms with van der Waals surface area (Å²) in [5.74, 6) is 1.52. The summed E-state index contributed by atoms with van der Waals surface area (Å²) in [4.78, 5) is 12.7. The van der Waals surface area contributed by atoms with E-state index in [1.54, 1.807) is 6.33 Å². The summed E-state index contributed by atoms with van der Waals surface area (Å²) >= 11 is 0. The molecular formula is C14H23N5O. The van der Waals surface area contributed by atoms with Crippen LogP contribution < -0.4 is 10.6 Å². The van der Waals surface area contributed by atoms with E-state index in [4.69, 9.17) is 0 Å². The average molecular weight is 277 g/mol. The van der Waals surface area contributed by atoms with E-state index >= 15 is 0 Å². The summed E-state index contributed by atoms with van der Waals surface area (Å²) in [6.07, 6.45) is 6.31. The molecule has 1 aliphatic carbocycles. The fraction of sp³-hybridized carbons (Fsp3) is 0.786. The molecular weight excluding hydrogens is 254 g/mol. The molecule has 2 heterocycles. The lowest BCUT2D eigenvalue weighted by atomic mass is 9.67. The molecule has 1 amide bonds. The summed E-state index contributed by atoms with van der Waals surface area (Å²) in [7, 11) is 0. The van der Waals surface area contributed by atoms with Crippen molar-refractivity contribution in [1.82, 2.24) is 25.4 Å². The molecule has 2 atom stereocenters. The molecule has 1 saturated carbocycles. The Morgan fingerprint density at radius 3 is 3.35 bits per heavy atom. The summed E-state index contributed by atoms with van der Waals surface area (Å²) in [5.41, 5.74) is -0.185. The van der Waals surface area contributed by atoms with Crippen molar-refractivity contribution in [1.29, 1.82) is 0 Å². The zero-order valence-corrected chi connectivity index (χ0v) is 12.1. The van der Waals surface area contributed by atoms with E-state index in [0.29, 0.717) is 12.5 Å². The standard InChI is InChI=1S/C14H23N5O/c1-2-19-10-17-18-12(19)8-16-13(20)14-6-4-3-5-11(14)7-15-9-14/h10-11,15H,2-9H2,1H3,(H,16,20)/t11-,14+/m0/s1. The van der Waals surface area contributed by atoms with E-state index in [0.717, 1.165) is 38.3 Å². The number of nitrogens with zero attached hydrogens (tertiary/aromatic N) is 3. The van der Waals surface area contributed by atoms with Gasteiger partial charge < -0.3 is 15.2 Å². The molecule has 0 bridgehead atoms. The van der Waals surface area contributed by atoms with Gasteiger partial charge >= 0.3 is 0 Å². The zero-order valence-electron chi connectivity index (χ0n) is 12.1. The van der Waals surface area contributed by atoms with Crippen molar-refractivity contribution >= 4 is 5.91 Å². The number of amides is 1. The smallest absolute Gasteiger partial charge is 0.228 e. The van der Waals surface area contributed by atoms with Gasteiger partial charge in [0.05, 0.1) is 12.0 Å². The first-order valence-corrected chi connectivity index (χ1v) is 7.62. The van der Waals surface area contributed by atoms with Gasteiger partial charge in [-0.25, -0.2) is 0 Å². The second kappa shape index (κ2) is 5.52. The minimum absolute atomic E-state index is 0.185. The highest BCUT2D eigenvalue weighted by Crippen LogP contribution is 2.43. The van der Waals surface area contributed by atoms with Gasteiger partial charge in [-0.3, -0.25) is 4.79 Å². The van der Waals surface area contributed by atoms with Gasteiger partial charge in [-0.1, -0.05) is 12.8 Å². The van der Waals surface area contributed by atoms with Gasteiger partial charge in [0.2, 0.25) is 5.91 Å². The lowest BCUT2D eigenvalue weighted by Gasteiger charge is -2.37. The van der Waals surface area contributed by atoms with Crippen LogP contribution in [0, 0.1) is 11.3 Å². The van der Waals surface area contributed by atoms with Crippen molar-refractivity contribution in [2.45, 2.75) is 45.7 Å². The molecule has 2 N–H and O–H groups in total. The maximum absolute atomic E-state index is 12.7. The van der Waals surface area contributed by atoms with Gasteiger partial charge in [0.15, 0.2) is 5.82 Å².